The van der Waals surface area contributed by atoms with E-state index in [2.05, 4.69) is 21.2 Å². The highest BCUT2D eigenvalue weighted by molar-refractivity contribution is 9.10. The quantitative estimate of drug-likeness (QED) is 0.752. The molecule has 1 heterocycles. The van der Waals surface area contributed by atoms with E-state index in [9.17, 15) is 9.59 Å². The van der Waals surface area contributed by atoms with E-state index in [1.54, 1.807) is 0 Å². The van der Waals surface area contributed by atoms with Crippen LogP contribution in [-0.4, -0.2) is 42.9 Å². The van der Waals surface area contributed by atoms with Gasteiger partial charge in [-0.05, 0) is 43.4 Å². The zero-order valence-electron chi connectivity index (χ0n) is 14.2. The maximum absolute atomic E-state index is 13.1. The molecule has 2 fully saturated rings. The molecule has 1 aliphatic carbocycles. The first-order valence-electron chi connectivity index (χ1n) is 8.60. The molecule has 0 spiro atoms. The van der Waals surface area contributed by atoms with Crippen molar-refractivity contribution in [2.45, 2.75) is 31.1 Å². The predicted octanol–water partition coefficient (Wildman–Crippen LogP) is 2.22. The van der Waals surface area contributed by atoms with Crippen LogP contribution in [-0.2, 0) is 15.0 Å². The zero-order valence-corrected chi connectivity index (χ0v) is 16.6. The summed E-state index contributed by atoms with van der Waals surface area (Å²) in [4.78, 5) is 27.2. The van der Waals surface area contributed by atoms with Gasteiger partial charge in [0.1, 0.15) is 0 Å². The second-order valence-corrected chi connectivity index (χ2v) is 7.68. The van der Waals surface area contributed by atoms with Crippen LogP contribution in [0, 0.1) is 5.92 Å². The second-order valence-electron chi connectivity index (χ2n) is 6.76. The van der Waals surface area contributed by atoms with E-state index in [0.717, 1.165) is 42.3 Å². The lowest BCUT2D eigenvalue weighted by atomic mass is 9.91. The van der Waals surface area contributed by atoms with Crippen LogP contribution in [0.1, 0.15) is 31.2 Å². The van der Waals surface area contributed by atoms with Crippen molar-refractivity contribution in [3.63, 3.8) is 0 Å². The average Bonchev–Trinajstić information content (AvgIpc) is 3.41. The van der Waals surface area contributed by atoms with Crippen molar-refractivity contribution in [2.24, 2.45) is 11.7 Å². The van der Waals surface area contributed by atoms with Crippen LogP contribution >= 0.6 is 28.3 Å². The lowest BCUT2D eigenvalue weighted by Gasteiger charge is -2.34. The van der Waals surface area contributed by atoms with Crippen LogP contribution in [0.4, 0.5) is 0 Å². The first kappa shape index (κ1) is 20.2. The Bertz CT molecular complexity index is 637. The highest BCUT2D eigenvalue weighted by Gasteiger charge is 2.53. The van der Waals surface area contributed by atoms with Crippen LogP contribution in [0.25, 0.3) is 0 Å². The Kier molecular flexibility index (Phi) is 6.88. The van der Waals surface area contributed by atoms with Gasteiger partial charge >= 0.3 is 0 Å². The van der Waals surface area contributed by atoms with Crippen molar-refractivity contribution in [1.82, 2.24) is 10.2 Å². The molecule has 1 saturated carbocycles. The molecule has 0 radical (unpaired) electrons. The third kappa shape index (κ3) is 4.36. The zero-order chi connectivity index (χ0) is 17.2. The minimum atomic E-state index is -0.376. The predicted molar refractivity (Wildman–Crippen MR) is 104 cm³/mol. The van der Waals surface area contributed by atoms with Crippen LogP contribution in [0.5, 0.6) is 0 Å². The van der Waals surface area contributed by atoms with Crippen molar-refractivity contribution in [3.8, 4) is 0 Å². The average molecular weight is 431 g/mol. The molecule has 0 aromatic heterocycles. The monoisotopic (exact) mass is 429 g/mol. The number of hydrogen-bond donors (Lipinski definition) is 2. The number of piperidine rings is 1. The summed E-state index contributed by atoms with van der Waals surface area (Å²) in [6.07, 6.45) is 3.50. The van der Waals surface area contributed by atoms with Gasteiger partial charge in [0.05, 0.1) is 11.3 Å². The number of halogens is 2. The van der Waals surface area contributed by atoms with Gasteiger partial charge in [-0.3, -0.25) is 9.59 Å². The Balaban J connectivity index is 0.00000225. The van der Waals surface area contributed by atoms with E-state index >= 15 is 0 Å². The summed E-state index contributed by atoms with van der Waals surface area (Å²) >= 11 is 3.49. The van der Waals surface area contributed by atoms with Gasteiger partial charge in [-0.25, -0.2) is 0 Å². The summed E-state index contributed by atoms with van der Waals surface area (Å²) in [5.41, 5.74) is 6.15. The van der Waals surface area contributed by atoms with Crippen molar-refractivity contribution < 1.29 is 9.59 Å². The lowest BCUT2D eigenvalue weighted by molar-refractivity contribution is -0.138. The molecule has 1 aromatic rings. The summed E-state index contributed by atoms with van der Waals surface area (Å²) in [6.45, 7) is 2.19. The van der Waals surface area contributed by atoms with Crippen molar-refractivity contribution in [3.05, 3.63) is 34.3 Å². The molecule has 2 amide bonds. The summed E-state index contributed by atoms with van der Waals surface area (Å²) in [7, 11) is 0. The Labute approximate surface area is 163 Å². The Morgan fingerprint density at radius 3 is 2.76 bits per heavy atom. The maximum atomic E-state index is 13.1. The summed E-state index contributed by atoms with van der Waals surface area (Å²) in [5.74, 6) is 0.0785. The minimum Gasteiger partial charge on any atom is -0.355 e. The van der Waals surface area contributed by atoms with E-state index in [1.165, 1.54) is 0 Å². The number of carbonyl (C=O) groups is 2. The number of benzene rings is 1. The number of nitrogens with one attached hydrogen (secondary N) is 1. The molecule has 2 aliphatic rings. The number of hydrogen-bond acceptors (Lipinski definition) is 3. The SMILES string of the molecule is Cl.NCCNC(=O)C1CCCN(C(=O)C2(c3cccc(Br)c3)CC2)C1. The number of carbonyl (C=O) groups excluding carboxylic acids is 2. The van der Waals surface area contributed by atoms with Gasteiger partial charge in [-0.2, -0.15) is 0 Å². The third-order valence-corrected chi connectivity index (χ3v) is 5.55. The number of amides is 2. The summed E-state index contributed by atoms with van der Waals surface area (Å²) in [5, 5.41) is 2.85. The first-order valence-corrected chi connectivity index (χ1v) is 9.39. The van der Waals surface area contributed by atoms with Gasteiger partial charge in [0, 0.05) is 30.7 Å². The van der Waals surface area contributed by atoms with Gasteiger partial charge in [-0.1, -0.05) is 28.1 Å². The number of likely N-dealkylation sites (tertiary alicyclic amines) is 1. The van der Waals surface area contributed by atoms with E-state index in [-0.39, 0.29) is 35.6 Å². The number of rotatable bonds is 5. The molecule has 7 heteroatoms. The molecule has 1 atom stereocenters. The van der Waals surface area contributed by atoms with E-state index in [0.29, 0.717) is 19.6 Å². The fourth-order valence-electron chi connectivity index (χ4n) is 3.56. The molecule has 5 nitrogen and oxygen atoms in total. The number of nitrogens with zero attached hydrogens (tertiary/aromatic N) is 1. The Hall–Kier alpha value is -1.11. The number of nitrogens with two attached hydrogens (primary N) is 1. The Morgan fingerprint density at radius 2 is 2.12 bits per heavy atom. The van der Waals surface area contributed by atoms with Gasteiger partial charge in [0.2, 0.25) is 11.8 Å². The van der Waals surface area contributed by atoms with E-state index < -0.39 is 0 Å². The van der Waals surface area contributed by atoms with E-state index in [4.69, 9.17) is 5.73 Å². The molecule has 1 saturated heterocycles. The molecule has 3 rings (SSSR count). The van der Waals surface area contributed by atoms with Crippen molar-refractivity contribution >= 4 is 40.2 Å². The minimum absolute atomic E-state index is 0. The molecule has 25 heavy (non-hydrogen) atoms. The molecule has 1 aromatic carbocycles. The standard InChI is InChI=1S/C18H24BrN3O2.ClH/c19-15-5-1-4-14(11-15)18(6-7-18)17(24)22-10-2-3-13(12-22)16(23)21-9-8-20;/h1,4-5,11,13H,2-3,6-10,12,20H2,(H,21,23);1H. The first-order chi connectivity index (χ1) is 11.6. The molecule has 3 N–H and O–H groups in total. The molecule has 1 unspecified atom stereocenters. The fourth-order valence-corrected chi connectivity index (χ4v) is 3.95. The second kappa shape index (κ2) is 8.52. The molecular weight excluding hydrogens is 406 g/mol. The highest BCUT2D eigenvalue weighted by atomic mass is 79.9. The van der Waals surface area contributed by atoms with Crippen molar-refractivity contribution in [2.75, 3.05) is 26.2 Å². The highest BCUT2D eigenvalue weighted by Crippen LogP contribution is 2.50. The summed E-state index contributed by atoms with van der Waals surface area (Å²) < 4.78 is 0.997. The Morgan fingerprint density at radius 1 is 1.36 bits per heavy atom. The fraction of sp³-hybridized carbons (Fsp3) is 0.556. The maximum Gasteiger partial charge on any atom is 0.233 e. The third-order valence-electron chi connectivity index (χ3n) is 5.06. The smallest absolute Gasteiger partial charge is 0.233 e. The summed E-state index contributed by atoms with van der Waals surface area (Å²) in [6, 6.07) is 8.03. The van der Waals surface area contributed by atoms with Crippen LogP contribution in [0.3, 0.4) is 0 Å². The lowest BCUT2D eigenvalue weighted by Crippen LogP contribution is -2.49. The van der Waals surface area contributed by atoms with Gasteiger partial charge in [0.25, 0.3) is 0 Å². The molecule has 138 valence electrons. The molecule has 1 aliphatic heterocycles. The molecular formula is C18H25BrClN3O2. The van der Waals surface area contributed by atoms with E-state index in [1.807, 2.05) is 29.2 Å². The molecule has 0 bridgehead atoms. The van der Waals surface area contributed by atoms with Crippen LogP contribution in [0.15, 0.2) is 28.7 Å². The van der Waals surface area contributed by atoms with Gasteiger partial charge in [0.15, 0.2) is 0 Å². The van der Waals surface area contributed by atoms with Gasteiger partial charge < -0.3 is 16.0 Å². The normalized spacial score (nSPS) is 21.2. The van der Waals surface area contributed by atoms with Crippen LogP contribution in [0.2, 0.25) is 0 Å². The largest absolute Gasteiger partial charge is 0.355 e. The van der Waals surface area contributed by atoms with Crippen LogP contribution < -0.4 is 11.1 Å². The topological polar surface area (TPSA) is 75.4 Å². The van der Waals surface area contributed by atoms with Crippen molar-refractivity contribution in [1.29, 1.82) is 0 Å². The van der Waals surface area contributed by atoms with Gasteiger partial charge in [-0.15, -0.1) is 12.4 Å².